The molecule has 1 fully saturated rings. The molecule has 1 aliphatic rings. The van der Waals surface area contributed by atoms with Crippen LogP contribution in [-0.4, -0.2) is 11.2 Å². The highest BCUT2D eigenvalue weighted by Crippen LogP contribution is 2.34. The summed E-state index contributed by atoms with van der Waals surface area (Å²) in [5.41, 5.74) is 0. The smallest absolute Gasteiger partial charge is 0.0568 e. The van der Waals surface area contributed by atoms with Gasteiger partial charge in [0.1, 0.15) is 0 Å². The maximum absolute atomic E-state index is 10.0. The molecule has 0 aromatic carbocycles. The SMILES string of the molecule is C#CCCCC(O)C1CCCC(CC)C1. The molecule has 1 saturated carbocycles. The van der Waals surface area contributed by atoms with E-state index in [-0.39, 0.29) is 6.10 Å². The third-order valence-corrected chi connectivity index (χ3v) is 3.77. The van der Waals surface area contributed by atoms with Gasteiger partial charge in [-0.25, -0.2) is 0 Å². The Morgan fingerprint density at radius 1 is 1.47 bits per heavy atom. The zero-order valence-electron chi connectivity index (χ0n) is 9.91. The lowest BCUT2D eigenvalue weighted by Gasteiger charge is -2.31. The monoisotopic (exact) mass is 208 g/mol. The van der Waals surface area contributed by atoms with Gasteiger partial charge in [-0.05, 0) is 37.5 Å². The van der Waals surface area contributed by atoms with Crippen LogP contribution in [0.15, 0.2) is 0 Å². The van der Waals surface area contributed by atoms with Gasteiger partial charge in [-0.1, -0.05) is 26.2 Å². The van der Waals surface area contributed by atoms with Gasteiger partial charge in [0, 0.05) is 6.42 Å². The molecule has 1 aliphatic carbocycles. The van der Waals surface area contributed by atoms with E-state index in [2.05, 4.69) is 12.8 Å². The highest BCUT2D eigenvalue weighted by molar-refractivity contribution is 4.84. The summed E-state index contributed by atoms with van der Waals surface area (Å²) in [6, 6.07) is 0. The van der Waals surface area contributed by atoms with Crippen molar-refractivity contribution in [1.82, 2.24) is 0 Å². The Bertz CT molecular complexity index is 204. The molecule has 0 aromatic heterocycles. The molecule has 0 bridgehead atoms. The highest BCUT2D eigenvalue weighted by atomic mass is 16.3. The van der Waals surface area contributed by atoms with Gasteiger partial charge in [0.05, 0.1) is 6.10 Å². The molecule has 0 spiro atoms. The maximum Gasteiger partial charge on any atom is 0.0568 e. The second kappa shape index (κ2) is 6.90. The van der Waals surface area contributed by atoms with E-state index in [1.54, 1.807) is 0 Å². The summed E-state index contributed by atoms with van der Waals surface area (Å²) in [6.07, 6.45) is 14.2. The van der Waals surface area contributed by atoms with Gasteiger partial charge in [-0.3, -0.25) is 0 Å². The number of aliphatic hydroxyl groups is 1. The molecule has 0 radical (unpaired) electrons. The molecule has 1 rings (SSSR count). The van der Waals surface area contributed by atoms with Crippen molar-refractivity contribution in [3.8, 4) is 12.3 Å². The van der Waals surface area contributed by atoms with Crippen molar-refractivity contribution in [2.24, 2.45) is 11.8 Å². The topological polar surface area (TPSA) is 20.2 Å². The lowest BCUT2D eigenvalue weighted by molar-refractivity contribution is 0.0603. The molecule has 0 amide bonds. The third-order valence-electron chi connectivity index (χ3n) is 3.77. The summed E-state index contributed by atoms with van der Waals surface area (Å²) in [4.78, 5) is 0. The molecule has 0 heterocycles. The van der Waals surface area contributed by atoms with Crippen molar-refractivity contribution < 1.29 is 5.11 Å². The molecule has 0 aromatic rings. The Morgan fingerprint density at radius 2 is 2.27 bits per heavy atom. The minimum Gasteiger partial charge on any atom is -0.393 e. The number of hydrogen-bond donors (Lipinski definition) is 1. The number of hydrogen-bond acceptors (Lipinski definition) is 1. The van der Waals surface area contributed by atoms with E-state index < -0.39 is 0 Å². The fraction of sp³-hybridized carbons (Fsp3) is 0.857. The van der Waals surface area contributed by atoms with Crippen molar-refractivity contribution in [3.05, 3.63) is 0 Å². The highest BCUT2D eigenvalue weighted by Gasteiger charge is 2.25. The Hall–Kier alpha value is -0.480. The van der Waals surface area contributed by atoms with E-state index in [0.717, 1.165) is 25.2 Å². The van der Waals surface area contributed by atoms with Crippen LogP contribution in [0.3, 0.4) is 0 Å². The van der Waals surface area contributed by atoms with E-state index >= 15 is 0 Å². The Morgan fingerprint density at radius 3 is 2.93 bits per heavy atom. The number of terminal acetylenes is 1. The van der Waals surface area contributed by atoms with Crippen LogP contribution in [-0.2, 0) is 0 Å². The summed E-state index contributed by atoms with van der Waals surface area (Å²) >= 11 is 0. The summed E-state index contributed by atoms with van der Waals surface area (Å²) in [5.74, 6) is 4.03. The lowest BCUT2D eigenvalue weighted by Crippen LogP contribution is -2.26. The van der Waals surface area contributed by atoms with Crippen LogP contribution >= 0.6 is 0 Å². The molecular formula is C14H24O. The first-order chi connectivity index (χ1) is 7.27. The summed E-state index contributed by atoms with van der Waals surface area (Å²) in [5, 5.41) is 10.0. The molecule has 0 saturated heterocycles. The first-order valence-corrected chi connectivity index (χ1v) is 6.39. The predicted molar refractivity (Wildman–Crippen MR) is 64.4 cm³/mol. The fourth-order valence-electron chi connectivity index (χ4n) is 2.70. The average molecular weight is 208 g/mol. The van der Waals surface area contributed by atoms with Crippen LogP contribution in [0, 0.1) is 24.2 Å². The van der Waals surface area contributed by atoms with Gasteiger partial charge in [-0.2, -0.15) is 0 Å². The Balaban J connectivity index is 2.26. The number of rotatable bonds is 5. The Labute approximate surface area is 94.3 Å². The second-order valence-corrected chi connectivity index (χ2v) is 4.86. The van der Waals surface area contributed by atoms with E-state index in [9.17, 15) is 5.11 Å². The summed E-state index contributed by atoms with van der Waals surface area (Å²) in [7, 11) is 0. The van der Waals surface area contributed by atoms with E-state index in [0.29, 0.717) is 5.92 Å². The van der Waals surface area contributed by atoms with Gasteiger partial charge in [-0.15, -0.1) is 12.3 Å². The molecule has 1 nitrogen and oxygen atoms in total. The van der Waals surface area contributed by atoms with Gasteiger partial charge < -0.3 is 5.11 Å². The zero-order chi connectivity index (χ0) is 11.1. The fourth-order valence-corrected chi connectivity index (χ4v) is 2.70. The molecule has 3 atom stereocenters. The molecule has 1 heteroatoms. The molecule has 3 unspecified atom stereocenters. The van der Waals surface area contributed by atoms with E-state index in [1.165, 1.54) is 32.1 Å². The predicted octanol–water partition coefficient (Wildman–Crippen LogP) is 3.37. The molecule has 86 valence electrons. The first kappa shape index (κ1) is 12.6. The average Bonchev–Trinajstić information content (AvgIpc) is 2.29. The zero-order valence-corrected chi connectivity index (χ0v) is 9.91. The van der Waals surface area contributed by atoms with Crippen LogP contribution in [0.25, 0.3) is 0 Å². The minimum absolute atomic E-state index is 0.104. The van der Waals surface area contributed by atoms with Crippen LogP contribution in [0.2, 0.25) is 0 Å². The Kier molecular flexibility index (Phi) is 5.79. The molecule has 0 aliphatic heterocycles. The molecular weight excluding hydrogens is 184 g/mol. The number of unbranched alkanes of at least 4 members (excludes halogenated alkanes) is 1. The number of aliphatic hydroxyl groups excluding tert-OH is 1. The minimum atomic E-state index is -0.104. The van der Waals surface area contributed by atoms with Crippen molar-refractivity contribution in [3.63, 3.8) is 0 Å². The van der Waals surface area contributed by atoms with Gasteiger partial charge in [0.15, 0.2) is 0 Å². The van der Waals surface area contributed by atoms with E-state index in [1.807, 2.05) is 0 Å². The van der Waals surface area contributed by atoms with Crippen molar-refractivity contribution >= 4 is 0 Å². The second-order valence-electron chi connectivity index (χ2n) is 4.86. The first-order valence-electron chi connectivity index (χ1n) is 6.39. The quantitative estimate of drug-likeness (QED) is 0.542. The van der Waals surface area contributed by atoms with E-state index in [4.69, 9.17) is 6.42 Å². The van der Waals surface area contributed by atoms with Crippen LogP contribution < -0.4 is 0 Å². The maximum atomic E-state index is 10.0. The van der Waals surface area contributed by atoms with Crippen molar-refractivity contribution in [1.29, 1.82) is 0 Å². The van der Waals surface area contributed by atoms with Crippen LogP contribution in [0.1, 0.15) is 58.3 Å². The van der Waals surface area contributed by atoms with Gasteiger partial charge in [0.2, 0.25) is 0 Å². The lowest BCUT2D eigenvalue weighted by atomic mass is 9.77. The van der Waals surface area contributed by atoms with Crippen molar-refractivity contribution in [2.45, 2.75) is 64.4 Å². The molecule has 1 N–H and O–H groups in total. The van der Waals surface area contributed by atoms with Crippen LogP contribution in [0.5, 0.6) is 0 Å². The standard InChI is InChI=1S/C14H24O/c1-3-5-6-10-14(15)13-9-7-8-12(4-2)11-13/h1,12-15H,4-11H2,2H3. The van der Waals surface area contributed by atoms with Crippen LogP contribution in [0.4, 0.5) is 0 Å². The summed E-state index contributed by atoms with van der Waals surface area (Å²) in [6.45, 7) is 2.26. The third kappa shape index (κ3) is 4.26. The summed E-state index contributed by atoms with van der Waals surface area (Å²) < 4.78 is 0. The largest absolute Gasteiger partial charge is 0.393 e. The normalized spacial score (nSPS) is 28.3. The van der Waals surface area contributed by atoms with Gasteiger partial charge in [0.25, 0.3) is 0 Å². The van der Waals surface area contributed by atoms with Crippen molar-refractivity contribution in [2.75, 3.05) is 0 Å². The van der Waals surface area contributed by atoms with Gasteiger partial charge >= 0.3 is 0 Å². The molecule has 15 heavy (non-hydrogen) atoms.